The molecule has 22 heavy (non-hydrogen) atoms. The number of aromatic nitrogens is 4. The zero-order chi connectivity index (χ0) is 15.5. The number of H-pyrrole nitrogens is 1. The molecule has 0 bridgehead atoms. The van der Waals surface area contributed by atoms with Gasteiger partial charge in [-0.1, -0.05) is 0 Å². The molecule has 2 aromatic heterocycles. The van der Waals surface area contributed by atoms with Crippen molar-refractivity contribution in [1.29, 1.82) is 0 Å². The molecule has 1 aliphatic heterocycles. The lowest BCUT2D eigenvalue weighted by Crippen LogP contribution is -2.40. The number of rotatable bonds is 3. The highest BCUT2D eigenvalue weighted by Crippen LogP contribution is 2.29. The second-order valence-electron chi connectivity index (χ2n) is 5.86. The molecule has 3 heterocycles. The molecule has 1 fully saturated rings. The summed E-state index contributed by atoms with van der Waals surface area (Å²) in [5.41, 5.74) is 2.09. The number of piperidine rings is 1. The maximum absolute atomic E-state index is 12.8. The van der Waals surface area contributed by atoms with Crippen LogP contribution in [0.15, 0.2) is 18.5 Å². The van der Waals surface area contributed by atoms with Crippen molar-refractivity contribution in [1.82, 2.24) is 25.1 Å². The smallest absolute Gasteiger partial charge is 0.227 e. The van der Waals surface area contributed by atoms with Crippen molar-refractivity contribution in [2.45, 2.75) is 45.6 Å². The van der Waals surface area contributed by atoms with Crippen LogP contribution in [0.5, 0.6) is 0 Å². The van der Waals surface area contributed by atoms with Crippen molar-refractivity contribution < 1.29 is 4.79 Å². The fourth-order valence-electron chi connectivity index (χ4n) is 2.97. The molecule has 1 unspecified atom stereocenters. The minimum absolute atomic E-state index is 0.00616. The summed E-state index contributed by atoms with van der Waals surface area (Å²) in [4.78, 5) is 23.2. The van der Waals surface area contributed by atoms with Crippen molar-refractivity contribution >= 4 is 5.91 Å². The maximum Gasteiger partial charge on any atom is 0.227 e. The van der Waals surface area contributed by atoms with Gasteiger partial charge in [-0.25, -0.2) is 4.98 Å². The SMILES string of the molecule is Cc1nc(C2CCCCN2C(=O)Cc2ccncc2C)n[nH]1. The molecule has 1 N–H and O–H groups in total. The van der Waals surface area contributed by atoms with E-state index in [0.29, 0.717) is 6.42 Å². The van der Waals surface area contributed by atoms with Crippen LogP contribution in [-0.4, -0.2) is 37.5 Å². The average Bonchev–Trinajstić information content (AvgIpc) is 2.96. The minimum Gasteiger partial charge on any atom is -0.332 e. The predicted octanol–water partition coefficient (Wildman–Crippen LogP) is 2.11. The third-order valence-electron chi connectivity index (χ3n) is 4.21. The van der Waals surface area contributed by atoms with Gasteiger partial charge in [0.2, 0.25) is 5.91 Å². The van der Waals surface area contributed by atoms with Gasteiger partial charge in [0.15, 0.2) is 5.82 Å². The highest BCUT2D eigenvalue weighted by molar-refractivity contribution is 5.79. The van der Waals surface area contributed by atoms with Gasteiger partial charge in [0.05, 0.1) is 12.5 Å². The number of amides is 1. The number of pyridine rings is 1. The van der Waals surface area contributed by atoms with Crippen LogP contribution < -0.4 is 0 Å². The summed E-state index contributed by atoms with van der Waals surface area (Å²) in [5, 5.41) is 7.13. The summed E-state index contributed by atoms with van der Waals surface area (Å²) in [6.45, 7) is 4.65. The Morgan fingerprint density at radius 2 is 2.27 bits per heavy atom. The van der Waals surface area contributed by atoms with E-state index in [1.165, 1.54) is 0 Å². The molecule has 6 heteroatoms. The van der Waals surface area contributed by atoms with Gasteiger partial charge >= 0.3 is 0 Å². The van der Waals surface area contributed by atoms with Gasteiger partial charge in [-0.15, -0.1) is 0 Å². The van der Waals surface area contributed by atoms with Crippen LogP contribution in [0.2, 0.25) is 0 Å². The molecule has 1 atom stereocenters. The second-order valence-corrected chi connectivity index (χ2v) is 5.86. The van der Waals surface area contributed by atoms with Crippen molar-refractivity contribution in [3.63, 3.8) is 0 Å². The standard InChI is InChI=1S/C16H21N5O/c1-11-10-17-7-6-13(11)9-15(22)21-8-4-3-5-14(21)16-18-12(2)19-20-16/h6-7,10,14H,3-5,8-9H2,1-2H3,(H,18,19,20). The van der Waals surface area contributed by atoms with Crippen LogP contribution in [0.1, 0.15) is 48.1 Å². The van der Waals surface area contributed by atoms with E-state index in [0.717, 1.165) is 48.6 Å². The number of nitrogens with one attached hydrogen (secondary N) is 1. The number of aromatic amines is 1. The minimum atomic E-state index is -0.00616. The van der Waals surface area contributed by atoms with Crippen molar-refractivity contribution in [2.75, 3.05) is 6.54 Å². The highest BCUT2D eigenvalue weighted by atomic mass is 16.2. The summed E-state index contributed by atoms with van der Waals surface area (Å²) in [6.07, 6.45) is 7.03. The number of carbonyl (C=O) groups is 1. The van der Waals surface area contributed by atoms with Gasteiger partial charge in [0.1, 0.15) is 5.82 Å². The van der Waals surface area contributed by atoms with Crippen LogP contribution in [0.25, 0.3) is 0 Å². The van der Waals surface area contributed by atoms with Gasteiger partial charge in [0, 0.05) is 18.9 Å². The maximum atomic E-state index is 12.8. The molecule has 0 spiro atoms. The third-order valence-corrected chi connectivity index (χ3v) is 4.21. The van der Waals surface area contributed by atoms with E-state index in [-0.39, 0.29) is 11.9 Å². The lowest BCUT2D eigenvalue weighted by molar-refractivity contribution is -0.134. The van der Waals surface area contributed by atoms with Crippen LogP contribution in [0.4, 0.5) is 0 Å². The molecule has 116 valence electrons. The third kappa shape index (κ3) is 3.00. The summed E-state index contributed by atoms with van der Waals surface area (Å²) < 4.78 is 0. The fourth-order valence-corrected chi connectivity index (χ4v) is 2.97. The normalized spacial score (nSPS) is 18.5. The summed E-state index contributed by atoms with van der Waals surface area (Å²) in [6, 6.07) is 1.91. The van der Waals surface area contributed by atoms with Gasteiger partial charge in [-0.3, -0.25) is 14.9 Å². The van der Waals surface area contributed by atoms with E-state index < -0.39 is 0 Å². The Morgan fingerprint density at radius 3 is 3.00 bits per heavy atom. The highest BCUT2D eigenvalue weighted by Gasteiger charge is 2.30. The van der Waals surface area contributed by atoms with Crippen molar-refractivity contribution in [3.8, 4) is 0 Å². The van der Waals surface area contributed by atoms with Gasteiger partial charge in [-0.05, 0) is 50.3 Å². The van der Waals surface area contributed by atoms with E-state index in [2.05, 4.69) is 20.2 Å². The molecule has 2 aromatic rings. The van der Waals surface area contributed by atoms with Crippen LogP contribution >= 0.6 is 0 Å². The molecule has 6 nitrogen and oxygen atoms in total. The molecular weight excluding hydrogens is 278 g/mol. The van der Waals surface area contributed by atoms with Gasteiger partial charge in [0.25, 0.3) is 0 Å². The number of aryl methyl sites for hydroxylation is 2. The first kappa shape index (κ1) is 14.7. The van der Waals surface area contributed by atoms with E-state index >= 15 is 0 Å². The van der Waals surface area contributed by atoms with E-state index in [4.69, 9.17) is 0 Å². The Balaban J connectivity index is 1.78. The Labute approximate surface area is 130 Å². The van der Waals surface area contributed by atoms with Gasteiger partial charge in [-0.2, -0.15) is 5.10 Å². The Hall–Kier alpha value is -2.24. The van der Waals surface area contributed by atoms with Crippen molar-refractivity contribution in [3.05, 3.63) is 41.2 Å². The quantitative estimate of drug-likeness (QED) is 0.942. The zero-order valence-corrected chi connectivity index (χ0v) is 13.0. The molecule has 0 aromatic carbocycles. The Kier molecular flexibility index (Phi) is 4.18. The predicted molar refractivity (Wildman–Crippen MR) is 82.1 cm³/mol. The van der Waals surface area contributed by atoms with Crippen LogP contribution in [-0.2, 0) is 11.2 Å². The summed E-state index contributed by atoms with van der Waals surface area (Å²) in [5.74, 6) is 1.66. The van der Waals surface area contributed by atoms with E-state index in [9.17, 15) is 4.79 Å². The molecule has 0 saturated carbocycles. The van der Waals surface area contributed by atoms with Crippen LogP contribution in [0, 0.1) is 13.8 Å². The zero-order valence-electron chi connectivity index (χ0n) is 13.0. The summed E-state index contributed by atoms with van der Waals surface area (Å²) in [7, 11) is 0. The Bertz CT molecular complexity index is 666. The fraction of sp³-hybridized carbons (Fsp3) is 0.500. The second kappa shape index (κ2) is 6.25. The molecular formula is C16H21N5O. The molecule has 1 amide bonds. The molecule has 0 radical (unpaired) electrons. The lowest BCUT2D eigenvalue weighted by Gasteiger charge is -2.34. The first-order valence-corrected chi connectivity index (χ1v) is 7.73. The topological polar surface area (TPSA) is 74.8 Å². The number of hydrogen-bond donors (Lipinski definition) is 1. The molecule has 3 rings (SSSR count). The van der Waals surface area contributed by atoms with Crippen molar-refractivity contribution in [2.24, 2.45) is 0 Å². The molecule has 0 aliphatic carbocycles. The van der Waals surface area contributed by atoms with E-state index in [1.807, 2.05) is 24.8 Å². The first-order chi connectivity index (χ1) is 10.6. The van der Waals surface area contributed by atoms with E-state index in [1.54, 1.807) is 12.4 Å². The molecule has 1 aliphatic rings. The Morgan fingerprint density at radius 1 is 1.41 bits per heavy atom. The monoisotopic (exact) mass is 299 g/mol. The largest absolute Gasteiger partial charge is 0.332 e. The number of likely N-dealkylation sites (tertiary alicyclic amines) is 1. The lowest BCUT2D eigenvalue weighted by atomic mass is 9.99. The van der Waals surface area contributed by atoms with Crippen LogP contribution in [0.3, 0.4) is 0 Å². The summed E-state index contributed by atoms with van der Waals surface area (Å²) >= 11 is 0. The number of hydrogen-bond acceptors (Lipinski definition) is 4. The van der Waals surface area contributed by atoms with Gasteiger partial charge < -0.3 is 4.90 Å². The first-order valence-electron chi connectivity index (χ1n) is 7.73. The average molecular weight is 299 g/mol. The number of carbonyl (C=O) groups excluding carboxylic acids is 1. The number of nitrogens with zero attached hydrogens (tertiary/aromatic N) is 4. The molecule has 1 saturated heterocycles.